The second-order valence-corrected chi connectivity index (χ2v) is 3.42. The first-order chi connectivity index (χ1) is 6.22. The summed E-state index contributed by atoms with van der Waals surface area (Å²) in [6, 6.07) is 6.39. The van der Waals surface area contributed by atoms with Crippen LogP contribution in [0.5, 0.6) is 0 Å². The van der Waals surface area contributed by atoms with Crippen molar-refractivity contribution in [2.75, 3.05) is 0 Å². The summed E-state index contributed by atoms with van der Waals surface area (Å²) in [4.78, 5) is 0. The average molecular weight is 174 g/mol. The number of aromatic nitrogens is 2. The number of rotatable bonds is 1. The first kappa shape index (κ1) is 8.30. The molecule has 1 aromatic carbocycles. The smallest absolute Gasteiger partial charge is 0.0926 e. The minimum absolute atomic E-state index is 0.944. The van der Waals surface area contributed by atoms with Gasteiger partial charge in [-0.25, -0.2) is 0 Å². The minimum atomic E-state index is 0.944. The molecule has 0 atom stereocenters. The van der Waals surface area contributed by atoms with E-state index >= 15 is 0 Å². The van der Waals surface area contributed by atoms with Crippen LogP contribution in [0.4, 0.5) is 0 Å². The lowest BCUT2D eigenvalue weighted by molar-refractivity contribution is 0.647. The van der Waals surface area contributed by atoms with Crippen LogP contribution < -0.4 is 0 Å². The van der Waals surface area contributed by atoms with E-state index in [-0.39, 0.29) is 0 Å². The van der Waals surface area contributed by atoms with Gasteiger partial charge in [0, 0.05) is 17.6 Å². The molecule has 2 nitrogen and oxygen atoms in total. The summed E-state index contributed by atoms with van der Waals surface area (Å²) in [5.74, 6) is 0. The molecule has 0 aliphatic heterocycles. The molecule has 2 aromatic rings. The lowest BCUT2D eigenvalue weighted by Crippen LogP contribution is -1.97. The fourth-order valence-corrected chi connectivity index (χ4v) is 1.68. The predicted octanol–water partition coefficient (Wildman–Crippen LogP) is 2.67. The molecule has 0 amide bonds. The van der Waals surface area contributed by atoms with Crippen molar-refractivity contribution in [1.82, 2.24) is 9.78 Å². The lowest BCUT2D eigenvalue weighted by Gasteiger charge is -1.96. The molecular formula is C11H14N2. The molecule has 0 saturated heterocycles. The van der Waals surface area contributed by atoms with Crippen molar-refractivity contribution in [2.24, 2.45) is 0 Å². The first-order valence-electron chi connectivity index (χ1n) is 4.66. The van der Waals surface area contributed by atoms with Gasteiger partial charge in [0.05, 0.1) is 5.52 Å². The van der Waals surface area contributed by atoms with Gasteiger partial charge >= 0.3 is 0 Å². The normalized spacial score (nSPS) is 11.0. The molecule has 0 spiro atoms. The van der Waals surface area contributed by atoms with Crippen LogP contribution in [0.25, 0.3) is 10.9 Å². The summed E-state index contributed by atoms with van der Waals surface area (Å²) >= 11 is 0. The molecule has 0 unspecified atom stereocenters. The highest BCUT2D eigenvalue weighted by molar-refractivity contribution is 5.82. The zero-order chi connectivity index (χ0) is 9.42. The number of fused-ring (bicyclic) bond motifs is 1. The SMILES string of the molecule is CCn1nc2ccc(C)cc2c1C. The van der Waals surface area contributed by atoms with Gasteiger partial charge in [-0.05, 0) is 32.9 Å². The van der Waals surface area contributed by atoms with Gasteiger partial charge in [-0.15, -0.1) is 0 Å². The average Bonchev–Trinajstić information content (AvgIpc) is 2.44. The third-order valence-corrected chi connectivity index (χ3v) is 2.46. The molecule has 0 N–H and O–H groups in total. The quantitative estimate of drug-likeness (QED) is 0.650. The summed E-state index contributed by atoms with van der Waals surface area (Å²) in [7, 11) is 0. The highest BCUT2D eigenvalue weighted by Gasteiger charge is 2.04. The highest BCUT2D eigenvalue weighted by atomic mass is 15.3. The molecule has 2 heteroatoms. The topological polar surface area (TPSA) is 17.8 Å². The fraction of sp³-hybridized carbons (Fsp3) is 0.364. The summed E-state index contributed by atoms with van der Waals surface area (Å²) < 4.78 is 2.05. The maximum Gasteiger partial charge on any atom is 0.0926 e. The Labute approximate surface area is 78.2 Å². The van der Waals surface area contributed by atoms with Crippen molar-refractivity contribution in [3.63, 3.8) is 0 Å². The molecule has 1 aromatic heterocycles. The Morgan fingerprint density at radius 2 is 2.08 bits per heavy atom. The Morgan fingerprint density at radius 1 is 1.31 bits per heavy atom. The van der Waals surface area contributed by atoms with Crippen molar-refractivity contribution in [3.05, 3.63) is 29.5 Å². The van der Waals surface area contributed by atoms with Crippen LogP contribution in [0.15, 0.2) is 18.2 Å². The molecule has 2 rings (SSSR count). The van der Waals surface area contributed by atoms with Gasteiger partial charge in [-0.2, -0.15) is 5.10 Å². The van der Waals surface area contributed by atoms with Gasteiger partial charge in [-0.1, -0.05) is 11.6 Å². The third kappa shape index (κ3) is 1.22. The van der Waals surface area contributed by atoms with E-state index in [1.54, 1.807) is 0 Å². The van der Waals surface area contributed by atoms with Gasteiger partial charge in [0.2, 0.25) is 0 Å². The van der Waals surface area contributed by atoms with E-state index in [9.17, 15) is 0 Å². The monoisotopic (exact) mass is 174 g/mol. The second-order valence-electron chi connectivity index (χ2n) is 3.42. The Hall–Kier alpha value is -1.31. The van der Waals surface area contributed by atoms with Gasteiger partial charge in [0.1, 0.15) is 0 Å². The van der Waals surface area contributed by atoms with Gasteiger partial charge in [0.25, 0.3) is 0 Å². The molecule has 0 bridgehead atoms. The summed E-state index contributed by atoms with van der Waals surface area (Å²) in [5.41, 5.74) is 3.66. The van der Waals surface area contributed by atoms with Crippen molar-refractivity contribution in [2.45, 2.75) is 27.3 Å². The maximum absolute atomic E-state index is 4.49. The van der Waals surface area contributed by atoms with Gasteiger partial charge in [-0.3, -0.25) is 4.68 Å². The molecule has 1 heterocycles. The van der Waals surface area contributed by atoms with Crippen LogP contribution in [0.3, 0.4) is 0 Å². The van der Waals surface area contributed by atoms with Crippen molar-refractivity contribution in [3.8, 4) is 0 Å². The summed E-state index contributed by atoms with van der Waals surface area (Å²) in [6.45, 7) is 7.30. The van der Waals surface area contributed by atoms with Gasteiger partial charge in [0.15, 0.2) is 0 Å². The van der Waals surface area contributed by atoms with Crippen LogP contribution >= 0.6 is 0 Å². The van der Waals surface area contributed by atoms with Gasteiger partial charge < -0.3 is 0 Å². The second kappa shape index (κ2) is 2.87. The molecule has 0 fully saturated rings. The summed E-state index contributed by atoms with van der Waals surface area (Å²) in [6.07, 6.45) is 0. The highest BCUT2D eigenvalue weighted by Crippen LogP contribution is 2.18. The molecular weight excluding hydrogens is 160 g/mol. The van der Waals surface area contributed by atoms with Crippen LogP contribution in [-0.2, 0) is 6.54 Å². The molecule has 68 valence electrons. The van der Waals surface area contributed by atoms with E-state index in [0.29, 0.717) is 0 Å². The maximum atomic E-state index is 4.49. The Kier molecular flexibility index (Phi) is 1.83. The van der Waals surface area contributed by atoms with E-state index in [2.05, 4.69) is 44.1 Å². The molecule has 13 heavy (non-hydrogen) atoms. The molecule has 0 saturated carbocycles. The van der Waals surface area contributed by atoms with Crippen LogP contribution in [0, 0.1) is 13.8 Å². The number of benzene rings is 1. The number of aryl methyl sites for hydroxylation is 3. The molecule has 0 aliphatic carbocycles. The van der Waals surface area contributed by atoms with E-state index in [4.69, 9.17) is 0 Å². The van der Waals surface area contributed by atoms with Crippen molar-refractivity contribution < 1.29 is 0 Å². The first-order valence-corrected chi connectivity index (χ1v) is 4.66. The number of hydrogen-bond donors (Lipinski definition) is 0. The zero-order valence-corrected chi connectivity index (χ0v) is 8.33. The van der Waals surface area contributed by atoms with Crippen LogP contribution in [0.1, 0.15) is 18.2 Å². The Bertz CT molecular complexity index is 441. The largest absolute Gasteiger partial charge is 0.269 e. The van der Waals surface area contributed by atoms with Crippen LogP contribution in [0.2, 0.25) is 0 Å². The fourth-order valence-electron chi connectivity index (χ4n) is 1.68. The van der Waals surface area contributed by atoms with Crippen molar-refractivity contribution in [1.29, 1.82) is 0 Å². The number of hydrogen-bond acceptors (Lipinski definition) is 1. The van der Waals surface area contributed by atoms with Crippen molar-refractivity contribution >= 4 is 10.9 Å². The third-order valence-electron chi connectivity index (χ3n) is 2.46. The zero-order valence-electron chi connectivity index (χ0n) is 8.33. The molecule has 0 radical (unpaired) electrons. The molecule has 0 aliphatic rings. The number of nitrogens with zero attached hydrogens (tertiary/aromatic N) is 2. The minimum Gasteiger partial charge on any atom is -0.269 e. The Morgan fingerprint density at radius 3 is 2.77 bits per heavy atom. The van der Waals surface area contributed by atoms with E-state index in [1.807, 2.05) is 4.68 Å². The predicted molar refractivity (Wildman–Crippen MR) is 54.9 cm³/mol. The van der Waals surface area contributed by atoms with Crippen LogP contribution in [-0.4, -0.2) is 9.78 Å². The van der Waals surface area contributed by atoms with E-state index in [1.165, 1.54) is 16.6 Å². The lowest BCUT2D eigenvalue weighted by atomic mass is 10.1. The standard InChI is InChI=1S/C11H14N2/c1-4-13-9(3)10-7-8(2)5-6-11(10)12-13/h5-7H,4H2,1-3H3. The van der Waals surface area contributed by atoms with E-state index in [0.717, 1.165) is 12.1 Å². The summed E-state index contributed by atoms with van der Waals surface area (Å²) in [5, 5.41) is 5.77. The van der Waals surface area contributed by atoms with E-state index < -0.39 is 0 Å². The Balaban J connectivity index is 2.77.